The van der Waals surface area contributed by atoms with Crippen LogP contribution in [0.25, 0.3) is 0 Å². The molecule has 3 rings (SSSR count). The molecule has 0 bridgehead atoms. The van der Waals surface area contributed by atoms with E-state index in [9.17, 15) is 9.59 Å². The van der Waals surface area contributed by atoms with Crippen LogP contribution >= 0.6 is 0 Å². The molecule has 0 fully saturated rings. The fourth-order valence-corrected chi connectivity index (χ4v) is 2.52. The number of nitrogens with one attached hydrogen (secondary N) is 1. The molecule has 2 amide bonds. The fraction of sp³-hybridized carbons (Fsp3) is 0.222. The van der Waals surface area contributed by atoms with Crippen molar-refractivity contribution >= 4 is 17.5 Å². The highest BCUT2D eigenvalue weighted by Crippen LogP contribution is 2.31. The number of para-hydroxylation sites is 1. The zero-order chi connectivity index (χ0) is 16.9. The summed E-state index contributed by atoms with van der Waals surface area (Å²) in [5.74, 6) is 0.680. The monoisotopic (exact) mass is 326 g/mol. The molecule has 24 heavy (non-hydrogen) atoms. The van der Waals surface area contributed by atoms with Gasteiger partial charge in [-0.3, -0.25) is 9.59 Å². The molecule has 0 saturated carbocycles. The molecule has 1 aliphatic heterocycles. The van der Waals surface area contributed by atoms with Gasteiger partial charge in [0.15, 0.2) is 11.5 Å². The normalized spacial score (nSPS) is 12.5. The summed E-state index contributed by atoms with van der Waals surface area (Å²) in [4.78, 5) is 23.5. The third-order valence-electron chi connectivity index (χ3n) is 3.71. The van der Waals surface area contributed by atoms with E-state index < -0.39 is 5.91 Å². The molecule has 124 valence electrons. The molecule has 0 aliphatic carbocycles. The van der Waals surface area contributed by atoms with Crippen molar-refractivity contribution in [2.75, 3.05) is 18.5 Å². The number of fused-ring (bicyclic) bond motifs is 1. The lowest BCUT2D eigenvalue weighted by atomic mass is 10.1. The molecular formula is C18H18N2O4. The van der Waals surface area contributed by atoms with Crippen LogP contribution in [0.15, 0.2) is 42.5 Å². The third-order valence-corrected chi connectivity index (χ3v) is 3.71. The highest BCUT2D eigenvalue weighted by Gasteiger charge is 2.13. The third kappa shape index (κ3) is 3.65. The number of benzene rings is 2. The SMILES string of the molecule is NC(=O)c1ccccc1NC(=O)CCc1ccc2c(c1)OCCO2. The predicted octanol–water partition coefficient (Wildman–Crippen LogP) is 2.13. The average molecular weight is 326 g/mol. The smallest absolute Gasteiger partial charge is 0.250 e. The van der Waals surface area contributed by atoms with E-state index in [1.165, 1.54) is 0 Å². The van der Waals surface area contributed by atoms with Crippen LogP contribution in [0, 0.1) is 0 Å². The number of aryl methyl sites for hydroxylation is 1. The van der Waals surface area contributed by atoms with Gasteiger partial charge in [-0.05, 0) is 36.2 Å². The Morgan fingerprint density at radius 3 is 2.58 bits per heavy atom. The highest BCUT2D eigenvalue weighted by molar-refractivity contribution is 6.02. The van der Waals surface area contributed by atoms with Crippen LogP contribution in [0.4, 0.5) is 5.69 Å². The minimum Gasteiger partial charge on any atom is -0.486 e. The van der Waals surface area contributed by atoms with E-state index in [2.05, 4.69) is 5.32 Å². The molecule has 0 unspecified atom stereocenters. The van der Waals surface area contributed by atoms with Crippen LogP contribution in [-0.4, -0.2) is 25.0 Å². The van der Waals surface area contributed by atoms with Crippen LogP contribution in [0.5, 0.6) is 11.5 Å². The Bertz CT molecular complexity index is 773. The van der Waals surface area contributed by atoms with Gasteiger partial charge in [0, 0.05) is 6.42 Å². The second-order valence-electron chi connectivity index (χ2n) is 5.44. The van der Waals surface area contributed by atoms with Gasteiger partial charge in [-0.1, -0.05) is 18.2 Å². The Morgan fingerprint density at radius 1 is 1.04 bits per heavy atom. The van der Waals surface area contributed by atoms with Crippen LogP contribution in [-0.2, 0) is 11.2 Å². The summed E-state index contributed by atoms with van der Waals surface area (Å²) >= 11 is 0. The Balaban J connectivity index is 1.61. The van der Waals surface area contributed by atoms with Gasteiger partial charge in [-0.15, -0.1) is 0 Å². The second-order valence-corrected chi connectivity index (χ2v) is 5.44. The summed E-state index contributed by atoms with van der Waals surface area (Å²) < 4.78 is 11.0. The standard InChI is InChI=1S/C18H18N2O4/c19-18(22)13-3-1-2-4-14(13)20-17(21)8-6-12-5-7-15-16(11-12)24-10-9-23-15/h1-5,7,11H,6,8-10H2,(H2,19,22)(H,20,21). The summed E-state index contributed by atoms with van der Waals surface area (Å²) in [6.45, 7) is 1.08. The molecule has 3 N–H and O–H groups in total. The van der Waals surface area contributed by atoms with Crippen molar-refractivity contribution in [3.05, 3.63) is 53.6 Å². The first-order valence-electron chi connectivity index (χ1n) is 7.71. The number of ether oxygens (including phenoxy) is 2. The molecule has 1 heterocycles. The van der Waals surface area contributed by atoms with E-state index in [0.717, 1.165) is 11.3 Å². The molecular weight excluding hydrogens is 308 g/mol. The molecule has 6 heteroatoms. The molecule has 0 atom stereocenters. The Kier molecular flexibility index (Phi) is 4.65. The van der Waals surface area contributed by atoms with Crippen molar-refractivity contribution in [3.63, 3.8) is 0 Å². The number of carbonyl (C=O) groups excluding carboxylic acids is 2. The summed E-state index contributed by atoms with van der Waals surface area (Å²) in [5, 5.41) is 2.73. The molecule has 0 aromatic heterocycles. The van der Waals surface area contributed by atoms with Crippen molar-refractivity contribution in [3.8, 4) is 11.5 Å². The number of hydrogen-bond donors (Lipinski definition) is 2. The summed E-state index contributed by atoms with van der Waals surface area (Å²) in [7, 11) is 0. The highest BCUT2D eigenvalue weighted by atomic mass is 16.6. The molecule has 0 radical (unpaired) electrons. The van der Waals surface area contributed by atoms with Gasteiger partial charge in [0.1, 0.15) is 13.2 Å². The average Bonchev–Trinajstić information content (AvgIpc) is 2.60. The van der Waals surface area contributed by atoms with Crippen LogP contribution in [0.1, 0.15) is 22.3 Å². The predicted molar refractivity (Wildman–Crippen MR) is 89.3 cm³/mol. The van der Waals surface area contributed by atoms with Gasteiger partial charge in [0.2, 0.25) is 5.91 Å². The molecule has 2 aromatic rings. The van der Waals surface area contributed by atoms with Gasteiger partial charge >= 0.3 is 0 Å². The van der Waals surface area contributed by atoms with Crippen LogP contribution in [0.2, 0.25) is 0 Å². The number of carbonyl (C=O) groups is 2. The number of hydrogen-bond acceptors (Lipinski definition) is 4. The summed E-state index contributed by atoms with van der Waals surface area (Å²) in [6.07, 6.45) is 0.841. The van der Waals surface area contributed by atoms with Crippen LogP contribution < -0.4 is 20.5 Å². The minimum absolute atomic E-state index is 0.182. The molecule has 0 saturated heterocycles. The fourth-order valence-electron chi connectivity index (χ4n) is 2.52. The number of amides is 2. The van der Waals surface area contributed by atoms with Gasteiger partial charge in [0.25, 0.3) is 5.91 Å². The summed E-state index contributed by atoms with van der Waals surface area (Å²) in [5.41, 5.74) is 7.01. The quantitative estimate of drug-likeness (QED) is 0.880. The van der Waals surface area contributed by atoms with Gasteiger partial charge < -0.3 is 20.5 Å². The molecule has 1 aliphatic rings. The second kappa shape index (κ2) is 7.04. The number of primary amides is 1. The van der Waals surface area contributed by atoms with Crippen molar-refractivity contribution in [2.45, 2.75) is 12.8 Å². The first-order valence-corrected chi connectivity index (χ1v) is 7.71. The van der Waals surface area contributed by atoms with E-state index in [0.29, 0.717) is 36.6 Å². The number of rotatable bonds is 5. The van der Waals surface area contributed by atoms with Crippen molar-refractivity contribution in [2.24, 2.45) is 5.73 Å². The van der Waals surface area contributed by atoms with E-state index in [1.54, 1.807) is 24.3 Å². The van der Waals surface area contributed by atoms with E-state index in [-0.39, 0.29) is 12.3 Å². The van der Waals surface area contributed by atoms with Crippen molar-refractivity contribution < 1.29 is 19.1 Å². The molecule has 6 nitrogen and oxygen atoms in total. The van der Waals surface area contributed by atoms with Crippen molar-refractivity contribution in [1.82, 2.24) is 0 Å². The lowest BCUT2D eigenvalue weighted by molar-refractivity contribution is -0.116. The lowest BCUT2D eigenvalue weighted by Crippen LogP contribution is -2.18. The van der Waals surface area contributed by atoms with Gasteiger partial charge in [-0.25, -0.2) is 0 Å². The molecule has 0 spiro atoms. The summed E-state index contributed by atoms with van der Waals surface area (Å²) in [6, 6.07) is 12.3. The minimum atomic E-state index is -0.572. The zero-order valence-corrected chi connectivity index (χ0v) is 13.1. The van der Waals surface area contributed by atoms with Gasteiger partial charge in [0.05, 0.1) is 11.3 Å². The van der Waals surface area contributed by atoms with Gasteiger partial charge in [-0.2, -0.15) is 0 Å². The first-order chi connectivity index (χ1) is 11.6. The maximum atomic E-state index is 12.1. The zero-order valence-electron chi connectivity index (χ0n) is 13.1. The van der Waals surface area contributed by atoms with E-state index >= 15 is 0 Å². The largest absolute Gasteiger partial charge is 0.486 e. The number of anilines is 1. The van der Waals surface area contributed by atoms with E-state index in [4.69, 9.17) is 15.2 Å². The lowest BCUT2D eigenvalue weighted by Gasteiger charge is -2.18. The maximum absolute atomic E-state index is 12.1. The number of nitrogens with two attached hydrogens (primary N) is 1. The van der Waals surface area contributed by atoms with E-state index in [1.807, 2.05) is 18.2 Å². The Morgan fingerprint density at radius 2 is 1.79 bits per heavy atom. The molecule has 2 aromatic carbocycles. The van der Waals surface area contributed by atoms with Crippen molar-refractivity contribution in [1.29, 1.82) is 0 Å². The topological polar surface area (TPSA) is 90.7 Å². The maximum Gasteiger partial charge on any atom is 0.250 e. The Hall–Kier alpha value is -3.02. The first kappa shape index (κ1) is 15.9. The van der Waals surface area contributed by atoms with Crippen LogP contribution in [0.3, 0.4) is 0 Å². The Labute approximate surface area is 139 Å².